The maximum absolute atomic E-state index is 12.5. The number of benzene rings is 1. The monoisotopic (exact) mass is 367 g/mol. The van der Waals surface area contributed by atoms with E-state index in [1.54, 1.807) is 6.92 Å². The highest BCUT2D eigenvalue weighted by Crippen LogP contribution is 2.29. The lowest BCUT2D eigenvalue weighted by molar-refractivity contribution is -0.126. The van der Waals surface area contributed by atoms with Gasteiger partial charge in [0.2, 0.25) is 5.91 Å². The van der Waals surface area contributed by atoms with Gasteiger partial charge in [-0.15, -0.1) is 0 Å². The van der Waals surface area contributed by atoms with Crippen LogP contribution in [0.3, 0.4) is 0 Å². The van der Waals surface area contributed by atoms with E-state index in [0.29, 0.717) is 6.54 Å². The number of carbonyl (C=O) groups excluding carboxylic acids is 1. The fraction of sp³-hybridized carbons (Fsp3) is 0.588. The van der Waals surface area contributed by atoms with Gasteiger partial charge in [-0.05, 0) is 49.4 Å². The second kappa shape index (κ2) is 6.69. The molecule has 4 N–H and O–H groups in total. The lowest BCUT2D eigenvalue weighted by Gasteiger charge is -2.40. The van der Waals surface area contributed by atoms with Crippen LogP contribution in [0.5, 0.6) is 0 Å². The Kier molecular flexibility index (Phi) is 5.30. The highest BCUT2D eigenvalue weighted by molar-refractivity contribution is 9.10. The van der Waals surface area contributed by atoms with E-state index in [-0.39, 0.29) is 17.4 Å². The van der Waals surface area contributed by atoms with Gasteiger partial charge in [0.25, 0.3) is 0 Å². The number of hydrogen-bond acceptors (Lipinski definition) is 3. The molecule has 1 amide bonds. The van der Waals surface area contributed by atoms with Gasteiger partial charge >= 0.3 is 0 Å². The minimum atomic E-state index is -1.03. The quantitative estimate of drug-likeness (QED) is 0.765. The number of nitrogens with two attached hydrogens (primary N) is 1. The number of carbonyl (C=O) groups is 1. The van der Waals surface area contributed by atoms with Gasteiger partial charge in [-0.25, -0.2) is 0 Å². The summed E-state index contributed by atoms with van der Waals surface area (Å²) in [7, 11) is 0. The molecule has 1 fully saturated rings. The predicted molar refractivity (Wildman–Crippen MR) is 93.5 cm³/mol. The number of piperidine rings is 1. The van der Waals surface area contributed by atoms with Crippen molar-refractivity contribution < 1.29 is 4.79 Å². The van der Waals surface area contributed by atoms with E-state index in [4.69, 9.17) is 5.73 Å². The summed E-state index contributed by atoms with van der Waals surface area (Å²) in [5, 5.41) is 6.52. The largest absolute Gasteiger partial charge is 0.353 e. The summed E-state index contributed by atoms with van der Waals surface area (Å²) >= 11 is 3.39. The molecule has 122 valence electrons. The molecule has 4 nitrogen and oxygen atoms in total. The molecule has 22 heavy (non-hydrogen) atoms. The average Bonchev–Trinajstić information content (AvgIpc) is 2.45. The van der Waals surface area contributed by atoms with Gasteiger partial charge in [0.05, 0.1) is 0 Å². The van der Waals surface area contributed by atoms with Crippen LogP contribution in [-0.2, 0) is 10.3 Å². The lowest BCUT2D eigenvalue weighted by Crippen LogP contribution is -2.56. The van der Waals surface area contributed by atoms with Crippen molar-refractivity contribution in [2.45, 2.75) is 45.2 Å². The number of hydrogen-bond donors (Lipinski definition) is 3. The van der Waals surface area contributed by atoms with Crippen molar-refractivity contribution in [1.29, 1.82) is 0 Å². The van der Waals surface area contributed by atoms with Crippen molar-refractivity contribution in [3.8, 4) is 0 Å². The van der Waals surface area contributed by atoms with Crippen LogP contribution in [0.1, 0.15) is 39.2 Å². The van der Waals surface area contributed by atoms with Crippen LogP contribution in [0.4, 0.5) is 0 Å². The van der Waals surface area contributed by atoms with Crippen LogP contribution in [0.2, 0.25) is 0 Å². The van der Waals surface area contributed by atoms with Crippen LogP contribution >= 0.6 is 15.9 Å². The lowest BCUT2D eigenvalue weighted by atomic mass is 9.77. The van der Waals surface area contributed by atoms with Gasteiger partial charge in [0.1, 0.15) is 5.54 Å². The molecule has 1 aromatic carbocycles. The Labute approximate surface area is 141 Å². The average molecular weight is 368 g/mol. The first kappa shape index (κ1) is 17.4. The third-order valence-electron chi connectivity index (χ3n) is 4.71. The van der Waals surface area contributed by atoms with Crippen LogP contribution in [0.15, 0.2) is 28.7 Å². The molecule has 2 rings (SSSR count). The van der Waals surface area contributed by atoms with E-state index >= 15 is 0 Å². The minimum Gasteiger partial charge on any atom is -0.353 e. The summed E-state index contributed by atoms with van der Waals surface area (Å²) in [5.41, 5.74) is 6.24. The first-order valence-electron chi connectivity index (χ1n) is 7.80. The summed E-state index contributed by atoms with van der Waals surface area (Å²) in [5.74, 6) is -0.141. The van der Waals surface area contributed by atoms with Crippen molar-refractivity contribution in [3.05, 3.63) is 34.3 Å². The molecule has 0 saturated carbocycles. The molecule has 2 unspecified atom stereocenters. The van der Waals surface area contributed by atoms with E-state index < -0.39 is 5.54 Å². The van der Waals surface area contributed by atoms with Crippen LogP contribution < -0.4 is 16.4 Å². The highest BCUT2D eigenvalue weighted by atomic mass is 79.9. The van der Waals surface area contributed by atoms with Gasteiger partial charge in [-0.3, -0.25) is 4.79 Å². The van der Waals surface area contributed by atoms with Crippen LogP contribution in [0, 0.1) is 5.41 Å². The van der Waals surface area contributed by atoms with Crippen molar-refractivity contribution in [2.24, 2.45) is 11.1 Å². The molecule has 0 aliphatic carbocycles. The smallest absolute Gasteiger partial charge is 0.244 e. The molecule has 2 atom stereocenters. The first-order valence-corrected chi connectivity index (χ1v) is 8.59. The first-order chi connectivity index (χ1) is 10.2. The predicted octanol–water partition coefficient (Wildman–Crippen LogP) is 2.52. The van der Waals surface area contributed by atoms with Crippen molar-refractivity contribution in [2.75, 3.05) is 13.1 Å². The molecule has 1 heterocycles. The SMILES string of the molecule is CC(N)(C(=O)NCC1NCCCC1(C)C)c1ccc(Br)cc1. The summed E-state index contributed by atoms with van der Waals surface area (Å²) in [4.78, 5) is 12.5. The zero-order valence-corrected chi connectivity index (χ0v) is 15.2. The molecule has 5 heteroatoms. The minimum absolute atomic E-state index is 0.141. The van der Waals surface area contributed by atoms with Crippen LogP contribution in [-0.4, -0.2) is 25.0 Å². The topological polar surface area (TPSA) is 67.2 Å². The fourth-order valence-electron chi connectivity index (χ4n) is 2.92. The zero-order chi connectivity index (χ0) is 16.4. The van der Waals surface area contributed by atoms with Gasteiger partial charge < -0.3 is 16.4 Å². The Balaban J connectivity index is 2.00. The van der Waals surface area contributed by atoms with Crippen LogP contribution in [0.25, 0.3) is 0 Å². The van der Waals surface area contributed by atoms with E-state index in [1.807, 2.05) is 24.3 Å². The normalized spacial score (nSPS) is 23.6. The summed E-state index contributed by atoms with van der Waals surface area (Å²) < 4.78 is 0.973. The molecule has 1 aliphatic heterocycles. The van der Waals surface area contributed by atoms with Crippen molar-refractivity contribution in [3.63, 3.8) is 0 Å². The van der Waals surface area contributed by atoms with Crippen molar-refractivity contribution >= 4 is 21.8 Å². The van der Waals surface area contributed by atoms with Gasteiger partial charge in [-0.1, -0.05) is 41.9 Å². The van der Waals surface area contributed by atoms with Gasteiger partial charge in [0, 0.05) is 17.1 Å². The standard InChI is InChI=1S/C17H26BrN3O/c1-16(2)9-4-10-20-14(16)11-21-15(22)17(3,19)12-5-7-13(18)8-6-12/h5-8,14,20H,4,9-11,19H2,1-3H3,(H,21,22). The Morgan fingerprint density at radius 1 is 1.45 bits per heavy atom. The molecule has 0 radical (unpaired) electrons. The molecule has 1 saturated heterocycles. The molecule has 0 bridgehead atoms. The molecule has 1 aliphatic rings. The molecule has 0 aromatic heterocycles. The maximum Gasteiger partial charge on any atom is 0.244 e. The number of nitrogens with one attached hydrogen (secondary N) is 2. The van der Waals surface area contributed by atoms with E-state index in [2.05, 4.69) is 40.4 Å². The van der Waals surface area contributed by atoms with E-state index in [9.17, 15) is 4.79 Å². The Morgan fingerprint density at radius 2 is 2.09 bits per heavy atom. The third-order valence-corrected chi connectivity index (χ3v) is 5.24. The molecule has 0 spiro atoms. The summed E-state index contributed by atoms with van der Waals surface area (Å²) in [6.07, 6.45) is 2.36. The van der Waals surface area contributed by atoms with E-state index in [0.717, 1.165) is 16.6 Å². The Hall–Kier alpha value is -0.910. The fourth-order valence-corrected chi connectivity index (χ4v) is 3.19. The Bertz CT molecular complexity index is 525. The maximum atomic E-state index is 12.5. The highest BCUT2D eigenvalue weighted by Gasteiger charge is 2.35. The number of amides is 1. The third kappa shape index (κ3) is 3.89. The Morgan fingerprint density at radius 3 is 2.68 bits per heavy atom. The molecule has 1 aromatic rings. The summed E-state index contributed by atoms with van der Waals surface area (Å²) in [6.45, 7) is 7.86. The number of rotatable bonds is 4. The number of halogens is 1. The van der Waals surface area contributed by atoms with Crippen molar-refractivity contribution in [1.82, 2.24) is 10.6 Å². The van der Waals surface area contributed by atoms with E-state index in [1.165, 1.54) is 12.8 Å². The zero-order valence-electron chi connectivity index (χ0n) is 13.6. The van der Waals surface area contributed by atoms with Gasteiger partial charge in [0.15, 0.2) is 0 Å². The molecular formula is C17H26BrN3O. The summed E-state index contributed by atoms with van der Waals surface area (Å²) in [6, 6.07) is 7.85. The van der Waals surface area contributed by atoms with Gasteiger partial charge in [-0.2, -0.15) is 0 Å². The second-order valence-corrected chi connectivity index (χ2v) is 7.93. The second-order valence-electron chi connectivity index (χ2n) is 7.02. The molecular weight excluding hydrogens is 342 g/mol.